The molecule has 2 rings (SSSR count). The molecule has 0 bridgehead atoms. The SMILES string of the molecule is COc1ccc(C)cc1CC(CN)c1ccc(Cl)cc1Cl. The molecule has 0 saturated carbocycles. The molecule has 0 heterocycles. The molecule has 0 fully saturated rings. The number of aryl methyl sites for hydroxylation is 1. The van der Waals surface area contributed by atoms with Gasteiger partial charge in [-0.15, -0.1) is 0 Å². The Balaban J connectivity index is 2.33. The first-order valence-corrected chi connectivity index (χ1v) is 7.59. The highest BCUT2D eigenvalue weighted by Gasteiger charge is 2.16. The monoisotopic (exact) mass is 323 g/mol. The number of hydrogen-bond acceptors (Lipinski definition) is 2. The van der Waals surface area contributed by atoms with Crippen LogP contribution >= 0.6 is 23.2 Å². The Labute approximate surface area is 135 Å². The van der Waals surface area contributed by atoms with Crippen LogP contribution in [-0.2, 0) is 6.42 Å². The summed E-state index contributed by atoms with van der Waals surface area (Å²) in [6.07, 6.45) is 0.780. The van der Waals surface area contributed by atoms with Crippen LogP contribution in [0, 0.1) is 6.92 Å². The van der Waals surface area contributed by atoms with Crippen LogP contribution in [0.1, 0.15) is 22.6 Å². The molecule has 2 nitrogen and oxygen atoms in total. The Kier molecular flexibility index (Phi) is 5.51. The highest BCUT2D eigenvalue weighted by molar-refractivity contribution is 6.35. The van der Waals surface area contributed by atoms with Gasteiger partial charge in [0.25, 0.3) is 0 Å². The van der Waals surface area contributed by atoms with Crippen molar-refractivity contribution < 1.29 is 4.74 Å². The predicted octanol–water partition coefficient (Wildman–Crippen LogP) is 4.60. The van der Waals surface area contributed by atoms with Crippen molar-refractivity contribution in [3.63, 3.8) is 0 Å². The molecule has 0 aliphatic rings. The summed E-state index contributed by atoms with van der Waals surface area (Å²) in [6.45, 7) is 2.58. The van der Waals surface area contributed by atoms with E-state index in [2.05, 4.69) is 13.0 Å². The summed E-state index contributed by atoms with van der Waals surface area (Å²) in [5.41, 5.74) is 9.31. The molecule has 1 unspecified atom stereocenters. The highest BCUT2D eigenvalue weighted by Crippen LogP contribution is 2.32. The van der Waals surface area contributed by atoms with E-state index in [1.165, 1.54) is 5.56 Å². The van der Waals surface area contributed by atoms with Crippen molar-refractivity contribution >= 4 is 23.2 Å². The van der Waals surface area contributed by atoms with Gasteiger partial charge in [-0.05, 0) is 49.2 Å². The Bertz CT molecular complexity index is 628. The number of hydrogen-bond donors (Lipinski definition) is 1. The third kappa shape index (κ3) is 3.91. The molecule has 0 aliphatic heterocycles. The van der Waals surface area contributed by atoms with Crippen LogP contribution in [0.5, 0.6) is 5.75 Å². The van der Waals surface area contributed by atoms with Crippen molar-refractivity contribution in [1.29, 1.82) is 0 Å². The minimum absolute atomic E-state index is 0.130. The van der Waals surface area contributed by atoms with Crippen molar-refractivity contribution in [1.82, 2.24) is 0 Å². The first kappa shape index (κ1) is 16.2. The summed E-state index contributed by atoms with van der Waals surface area (Å²) in [5, 5.41) is 1.29. The second kappa shape index (κ2) is 7.17. The second-order valence-corrected chi connectivity index (χ2v) is 5.96. The van der Waals surface area contributed by atoms with E-state index in [0.717, 1.165) is 23.3 Å². The van der Waals surface area contributed by atoms with Gasteiger partial charge in [0.05, 0.1) is 7.11 Å². The number of halogens is 2. The first-order chi connectivity index (χ1) is 10.0. The van der Waals surface area contributed by atoms with Crippen LogP contribution in [0.15, 0.2) is 36.4 Å². The summed E-state index contributed by atoms with van der Waals surface area (Å²) in [4.78, 5) is 0. The summed E-state index contributed by atoms with van der Waals surface area (Å²) < 4.78 is 5.44. The Morgan fingerprint density at radius 1 is 1.14 bits per heavy atom. The third-order valence-electron chi connectivity index (χ3n) is 3.59. The summed E-state index contributed by atoms with van der Waals surface area (Å²) in [6, 6.07) is 11.7. The van der Waals surface area contributed by atoms with Gasteiger partial charge in [0.15, 0.2) is 0 Å². The maximum Gasteiger partial charge on any atom is 0.122 e. The molecule has 1 atom stereocenters. The number of nitrogens with two attached hydrogens (primary N) is 1. The van der Waals surface area contributed by atoms with Crippen molar-refractivity contribution in [3.05, 3.63) is 63.1 Å². The summed E-state index contributed by atoms with van der Waals surface area (Å²) >= 11 is 12.3. The van der Waals surface area contributed by atoms with Crippen molar-refractivity contribution in [3.8, 4) is 5.75 Å². The summed E-state index contributed by atoms with van der Waals surface area (Å²) in [5.74, 6) is 1.01. The standard InChI is InChI=1S/C17H19Cl2NO/c1-11-3-6-17(21-2)12(7-11)8-13(10-20)15-5-4-14(18)9-16(15)19/h3-7,9,13H,8,10,20H2,1-2H3. The van der Waals surface area contributed by atoms with E-state index in [4.69, 9.17) is 33.7 Å². The van der Waals surface area contributed by atoms with Crippen LogP contribution in [0.2, 0.25) is 10.0 Å². The van der Waals surface area contributed by atoms with E-state index in [9.17, 15) is 0 Å². The number of methoxy groups -OCH3 is 1. The topological polar surface area (TPSA) is 35.2 Å². The first-order valence-electron chi connectivity index (χ1n) is 6.83. The second-order valence-electron chi connectivity index (χ2n) is 5.12. The molecule has 112 valence electrons. The normalized spacial score (nSPS) is 12.2. The van der Waals surface area contributed by atoms with Crippen LogP contribution in [0.3, 0.4) is 0 Å². The van der Waals surface area contributed by atoms with Crippen LogP contribution in [0.25, 0.3) is 0 Å². The molecule has 0 radical (unpaired) electrons. The summed E-state index contributed by atoms with van der Waals surface area (Å²) in [7, 11) is 1.68. The molecule has 0 aliphatic carbocycles. The molecular weight excluding hydrogens is 305 g/mol. The zero-order chi connectivity index (χ0) is 15.4. The lowest BCUT2D eigenvalue weighted by Crippen LogP contribution is -2.16. The van der Waals surface area contributed by atoms with E-state index in [1.54, 1.807) is 13.2 Å². The molecule has 0 spiro atoms. The molecule has 0 amide bonds. The highest BCUT2D eigenvalue weighted by atomic mass is 35.5. The quantitative estimate of drug-likeness (QED) is 0.873. The maximum atomic E-state index is 6.30. The number of ether oxygens (including phenoxy) is 1. The Morgan fingerprint density at radius 2 is 1.90 bits per heavy atom. The minimum atomic E-state index is 0.130. The lowest BCUT2D eigenvalue weighted by atomic mass is 9.91. The number of rotatable bonds is 5. The van der Waals surface area contributed by atoms with Gasteiger partial charge in [0, 0.05) is 16.0 Å². The molecule has 4 heteroatoms. The number of benzene rings is 2. The van der Waals surface area contributed by atoms with Crippen LogP contribution < -0.4 is 10.5 Å². The predicted molar refractivity (Wildman–Crippen MR) is 89.7 cm³/mol. The van der Waals surface area contributed by atoms with Crippen LogP contribution in [-0.4, -0.2) is 13.7 Å². The lowest BCUT2D eigenvalue weighted by molar-refractivity contribution is 0.408. The Morgan fingerprint density at radius 3 is 2.52 bits per heavy atom. The van der Waals surface area contributed by atoms with Gasteiger partial charge < -0.3 is 10.5 Å². The fraction of sp³-hybridized carbons (Fsp3) is 0.294. The fourth-order valence-electron chi connectivity index (χ4n) is 2.49. The Hall–Kier alpha value is -1.22. The van der Waals surface area contributed by atoms with E-state index < -0.39 is 0 Å². The van der Waals surface area contributed by atoms with Gasteiger partial charge in [0.2, 0.25) is 0 Å². The molecule has 2 N–H and O–H groups in total. The van der Waals surface area contributed by atoms with E-state index >= 15 is 0 Å². The van der Waals surface area contributed by atoms with Gasteiger partial charge in [-0.25, -0.2) is 0 Å². The molecule has 0 saturated heterocycles. The molecule has 2 aromatic rings. The van der Waals surface area contributed by atoms with Crippen molar-refractivity contribution in [2.75, 3.05) is 13.7 Å². The molecule has 0 aromatic heterocycles. The molecular formula is C17H19Cl2NO. The molecule has 21 heavy (non-hydrogen) atoms. The zero-order valence-electron chi connectivity index (χ0n) is 12.2. The van der Waals surface area contributed by atoms with Crippen molar-refractivity contribution in [2.45, 2.75) is 19.3 Å². The van der Waals surface area contributed by atoms with Crippen LogP contribution in [0.4, 0.5) is 0 Å². The third-order valence-corrected chi connectivity index (χ3v) is 4.15. The van der Waals surface area contributed by atoms with Gasteiger partial charge in [-0.3, -0.25) is 0 Å². The largest absolute Gasteiger partial charge is 0.496 e. The van der Waals surface area contributed by atoms with E-state index in [-0.39, 0.29) is 5.92 Å². The smallest absolute Gasteiger partial charge is 0.122 e. The van der Waals surface area contributed by atoms with Gasteiger partial charge >= 0.3 is 0 Å². The average Bonchev–Trinajstić information content (AvgIpc) is 2.45. The van der Waals surface area contributed by atoms with Gasteiger partial charge in [0.1, 0.15) is 5.75 Å². The van der Waals surface area contributed by atoms with E-state index in [1.807, 2.05) is 24.3 Å². The van der Waals surface area contributed by atoms with Gasteiger partial charge in [-0.2, -0.15) is 0 Å². The molecule has 2 aromatic carbocycles. The lowest BCUT2D eigenvalue weighted by Gasteiger charge is -2.19. The van der Waals surface area contributed by atoms with Crippen molar-refractivity contribution in [2.24, 2.45) is 5.73 Å². The average molecular weight is 324 g/mol. The zero-order valence-corrected chi connectivity index (χ0v) is 13.7. The fourth-order valence-corrected chi connectivity index (χ4v) is 3.05. The van der Waals surface area contributed by atoms with Gasteiger partial charge in [-0.1, -0.05) is 47.0 Å². The minimum Gasteiger partial charge on any atom is -0.496 e. The van der Waals surface area contributed by atoms with E-state index in [0.29, 0.717) is 16.6 Å². The maximum absolute atomic E-state index is 6.30.